The molecule has 0 aromatic carbocycles. The lowest BCUT2D eigenvalue weighted by Gasteiger charge is -2.28. The monoisotopic (exact) mass is 351 g/mol. The standard InChI is InChI=1S/C17H37NO6/c1-19-16(20-2,21-3)12-9-7-8-10-14-18-15-11-13-17(22-4,23-5)24-6/h18H,7-15H2,1-6H3. The van der Waals surface area contributed by atoms with Gasteiger partial charge in [0.25, 0.3) is 11.9 Å². The Morgan fingerprint density at radius 3 is 1.33 bits per heavy atom. The summed E-state index contributed by atoms with van der Waals surface area (Å²) in [5.41, 5.74) is 0. The van der Waals surface area contributed by atoms with E-state index in [9.17, 15) is 0 Å². The molecule has 0 saturated heterocycles. The van der Waals surface area contributed by atoms with Crippen molar-refractivity contribution in [2.24, 2.45) is 0 Å². The van der Waals surface area contributed by atoms with Crippen molar-refractivity contribution in [2.75, 3.05) is 55.7 Å². The molecule has 0 atom stereocenters. The summed E-state index contributed by atoms with van der Waals surface area (Å²) in [5.74, 6) is -1.81. The molecule has 7 nitrogen and oxygen atoms in total. The van der Waals surface area contributed by atoms with Crippen LogP contribution in [-0.4, -0.2) is 67.7 Å². The molecule has 0 saturated carbocycles. The zero-order valence-corrected chi connectivity index (χ0v) is 16.3. The van der Waals surface area contributed by atoms with Crippen LogP contribution in [0.4, 0.5) is 0 Å². The van der Waals surface area contributed by atoms with E-state index in [2.05, 4.69) is 5.32 Å². The van der Waals surface area contributed by atoms with Crippen molar-refractivity contribution in [1.29, 1.82) is 0 Å². The van der Waals surface area contributed by atoms with Gasteiger partial charge < -0.3 is 33.7 Å². The zero-order chi connectivity index (χ0) is 18.3. The third kappa shape index (κ3) is 8.71. The quantitative estimate of drug-likeness (QED) is 0.319. The summed E-state index contributed by atoms with van der Waals surface area (Å²) in [7, 11) is 9.57. The maximum Gasteiger partial charge on any atom is 0.282 e. The zero-order valence-electron chi connectivity index (χ0n) is 16.3. The molecule has 24 heavy (non-hydrogen) atoms. The van der Waals surface area contributed by atoms with E-state index in [1.807, 2.05) is 0 Å². The van der Waals surface area contributed by atoms with E-state index in [0.717, 1.165) is 45.2 Å². The minimum atomic E-state index is -0.918. The number of hydrogen-bond donors (Lipinski definition) is 1. The first-order chi connectivity index (χ1) is 11.6. The van der Waals surface area contributed by atoms with Gasteiger partial charge in [0.2, 0.25) is 0 Å². The van der Waals surface area contributed by atoms with Crippen LogP contribution >= 0.6 is 0 Å². The average molecular weight is 351 g/mol. The summed E-state index contributed by atoms with van der Waals surface area (Å²) in [4.78, 5) is 0. The first kappa shape index (κ1) is 23.7. The van der Waals surface area contributed by atoms with Crippen molar-refractivity contribution >= 4 is 0 Å². The molecule has 0 amide bonds. The fraction of sp³-hybridized carbons (Fsp3) is 1.00. The number of unbranched alkanes of at least 4 members (excludes halogenated alkanes) is 3. The summed E-state index contributed by atoms with van der Waals surface area (Å²) in [5, 5.41) is 3.43. The van der Waals surface area contributed by atoms with Crippen LogP contribution in [0.25, 0.3) is 0 Å². The number of hydrogen-bond acceptors (Lipinski definition) is 7. The van der Waals surface area contributed by atoms with Gasteiger partial charge in [-0.05, 0) is 32.4 Å². The van der Waals surface area contributed by atoms with Crippen molar-refractivity contribution in [3.63, 3.8) is 0 Å². The third-order valence-corrected chi connectivity index (χ3v) is 4.29. The highest BCUT2D eigenvalue weighted by Crippen LogP contribution is 2.21. The van der Waals surface area contributed by atoms with E-state index in [-0.39, 0.29) is 0 Å². The third-order valence-electron chi connectivity index (χ3n) is 4.29. The molecule has 7 heteroatoms. The van der Waals surface area contributed by atoms with Gasteiger partial charge in [0.1, 0.15) is 0 Å². The largest absolute Gasteiger partial charge is 0.331 e. The lowest BCUT2D eigenvalue weighted by molar-refractivity contribution is -0.355. The van der Waals surface area contributed by atoms with E-state index in [0.29, 0.717) is 6.42 Å². The average Bonchev–Trinajstić information content (AvgIpc) is 2.64. The maximum absolute atomic E-state index is 5.28. The highest BCUT2D eigenvalue weighted by molar-refractivity contribution is 4.59. The van der Waals surface area contributed by atoms with E-state index >= 15 is 0 Å². The van der Waals surface area contributed by atoms with Crippen molar-refractivity contribution in [1.82, 2.24) is 5.32 Å². The minimum absolute atomic E-state index is 0.691. The summed E-state index contributed by atoms with van der Waals surface area (Å²) in [6.45, 7) is 1.92. The molecular formula is C17H37NO6. The van der Waals surface area contributed by atoms with Crippen LogP contribution in [0.3, 0.4) is 0 Å². The molecule has 0 aromatic heterocycles. The molecule has 0 radical (unpaired) electrons. The van der Waals surface area contributed by atoms with Gasteiger partial charge in [0, 0.05) is 55.5 Å². The second-order valence-corrected chi connectivity index (χ2v) is 5.61. The van der Waals surface area contributed by atoms with Crippen LogP contribution in [0.15, 0.2) is 0 Å². The Labute approximate surface area is 147 Å². The fourth-order valence-electron chi connectivity index (χ4n) is 2.61. The number of rotatable bonds is 17. The molecular weight excluding hydrogens is 314 g/mol. The fourth-order valence-corrected chi connectivity index (χ4v) is 2.61. The molecule has 0 spiro atoms. The van der Waals surface area contributed by atoms with Gasteiger partial charge >= 0.3 is 0 Å². The Morgan fingerprint density at radius 1 is 0.500 bits per heavy atom. The molecule has 0 aromatic rings. The molecule has 1 N–H and O–H groups in total. The predicted molar refractivity (Wildman–Crippen MR) is 92.7 cm³/mol. The van der Waals surface area contributed by atoms with Gasteiger partial charge in [-0.25, -0.2) is 0 Å². The van der Waals surface area contributed by atoms with Gasteiger partial charge in [0.05, 0.1) is 0 Å². The summed E-state index contributed by atoms with van der Waals surface area (Å²) < 4.78 is 31.6. The lowest BCUT2D eigenvalue weighted by Crippen LogP contribution is -2.36. The summed E-state index contributed by atoms with van der Waals surface area (Å²) >= 11 is 0. The number of methoxy groups -OCH3 is 6. The van der Waals surface area contributed by atoms with Crippen molar-refractivity contribution in [3.8, 4) is 0 Å². The smallest absolute Gasteiger partial charge is 0.282 e. The highest BCUT2D eigenvalue weighted by atomic mass is 16.9. The summed E-state index contributed by atoms with van der Waals surface area (Å²) in [6, 6.07) is 0. The van der Waals surface area contributed by atoms with E-state index in [1.165, 1.54) is 6.42 Å². The molecule has 0 aliphatic rings. The molecule has 0 aliphatic heterocycles. The topological polar surface area (TPSA) is 67.4 Å². The molecule has 0 aliphatic carbocycles. The second-order valence-electron chi connectivity index (χ2n) is 5.61. The molecule has 0 fully saturated rings. The van der Waals surface area contributed by atoms with E-state index in [1.54, 1.807) is 42.7 Å². The molecule has 0 bridgehead atoms. The van der Waals surface area contributed by atoms with Crippen LogP contribution in [0.5, 0.6) is 0 Å². The lowest BCUT2D eigenvalue weighted by atomic mass is 10.1. The van der Waals surface area contributed by atoms with E-state index < -0.39 is 11.9 Å². The minimum Gasteiger partial charge on any atom is -0.331 e. The maximum atomic E-state index is 5.28. The Morgan fingerprint density at radius 2 is 0.875 bits per heavy atom. The van der Waals surface area contributed by atoms with Crippen LogP contribution < -0.4 is 5.32 Å². The Hall–Kier alpha value is -0.280. The van der Waals surface area contributed by atoms with Gasteiger partial charge in [-0.2, -0.15) is 0 Å². The van der Waals surface area contributed by atoms with Gasteiger partial charge in [-0.3, -0.25) is 0 Å². The Bertz CT molecular complexity index is 238. The molecule has 146 valence electrons. The van der Waals surface area contributed by atoms with Crippen LogP contribution in [-0.2, 0) is 28.4 Å². The predicted octanol–water partition coefficient (Wildman–Crippen LogP) is 2.49. The Balaban J connectivity index is 3.58. The molecule has 0 heterocycles. The summed E-state index contributed by atoms with van der Waals surface area (Å²) in [6.07, 6.45) is 6.79. The molecule has 0 unspecified atom stereocenters. The van der Waals surface area contributed by atoms with Crippen molar-refractivity contribution in [3.05, 3.63) is 0 Å². The van der Waals surface area contributed by atoms with Gasteiger partial charge in [0.15, 0.2) is 0 Å². The SMILES string of the molecule is COC(CCCCCCNCCCC(OC)(OC)OC)(OC)OC. The first-order valence-electron chi connectivity index (χ1n) is 8.59. The van der Waals surface area contributed by atoms with Crippen molar-refractivity contribution < 1.29 is 28.4 Å². The number of nitrogens with one attached hydrogen (secondary N) is 1. The first-order valence-corrected chi connectivity index (χ1v) is 8.59. The highest BCUT2D eigenvalue weighted by Gasteiger charge is 2.29. The Kier molecular flexibility index (Phi) is 13.8. The van der Waals surface area contributed by atoms with Gasteiger partial charge in [-0.1, -0.05) is 12.8 Å². The number of ether oxygens (including phenoxy) is 6. The molecule has 0 rings (SSSR count). The van der Waals surface area contributed by atoms with Crippen LogP contribution in [0.2, 0.25) is 0 Å². The second kappa shape index (κ2) is 13.9. The van der Waals surface area contributed by atoms with Crippen molar-refractivity contribution in [2.45, 2.75) is 56.9 Å². The van der Waals surface area contributed by atoms with Crippen LogP contribution in [0.1, 0.15) is 44.9 Å². The van der Waals surface area contributed by atoms with Gasteiger partial charge in [-0.15, -0.1) is 0 Å². The normalized spacial score (nSPS) is 12.8. The van der Waals surface area contributed by atoms with E-state index in [4.69, 9.17) is 28.4 Å². The van der Waals surface area contributed by atoms with Crippen LogP contribution in [0, 0.1) is 0 Å².